The van der Waals surface area contributed by atoms with Gasteiger partial charge in [-0.2, -0.15) is 0 Å². The highest BCUT2D eigenvalue weighted by Gasteiger charge is 2.24. The smallest absolute Gasteiger partial charge is 0.321 e. The molecular weight excluding hydrogens is 294 g/mol. The zero-order chi connectivity index (χ0) is 15.1. The summed E-state index contributed by atoms with van der Waals surface area (Å²) in [6.07, 6.45) is 0. The average molecular weight is 311 g/mol. The van der Waals surface area contributed by atoms with Gasteiger partial charge in [-0.1, -0.05) is 54.3 Å². The fraction of sp³-hybridized carbons (Fsp3) is 0.308. The van der Waals surface area contributed by atoms with E-state index in [0.717, 1.165) is 5.56 Å². The van der Waals surface area contributed by atoms with Crippen molar-refractivity contribution in [2.45, 2.75) is 5.25 Å². The van der Waals surface area contributed by atoms with E-state index in [2.05, 4.69) is 10.6 Å². The lowest BCUT2D eigenvalue weighted by Gasteiger charge is -2.20. The van der Waals surface area contributed by atoms with Crippen molar-refractivity contribution in [3.8, 4) is 0 Å². The summed E-state index contributed by atoms with van der Waals surface area (Å²) in [5.74, 6) is -0.398. The van der Waals surface area contributed by atoms with Crippen LogP contribution in [0.4, 0.5) is 4.79 Å². The fourth-order valence-corrected chi connectivity index (χ4v) is 2.51. The molecule has 0 aliphatic rings. The molecule has 1 aromatic rings. The number of carbonyl (C=O) groups is 2. The number of thioether (sulfide) groups is 1. The Labute approximate surface area is 128 Å². The number of benzene rings is 1. The minimum atomic E-state index is -0.566. The maximum atomic E-state index is 12.2. The Bertz CT molecular complexity index is 492. The topological polar surface area (TPSA) is 61.4 Å². The summed E-state index contributed by atoms with van der Waals surface area (Å²) in [5, 5.41) is 4.07. The number of imide groups is 1. The van der Waals surface area contributed by atoms with Crippen molar-refractivity contribution < 1.29 is 9.59 Å². The van der Waals surface area contributed by atoms with Crippen molar-refractivity contribution in [2.24, 2.45) is 0 Å². The normalized spacial score (nSPS) is 11.3. The molecule has 1 aromatic carbocycles. The van der Waals surface area contributed by atoms with Crippen molar-refractivity contribution in [2.75, 3.05) is 21.1 Å². The summed E-state index contributed by atoms with van der Waals surface area (Å²) in [7, 11) is 5.08. The Kier molecular flexibility index (Phi) is 6.47. The summed E-state index contributed by atoms with van der Waals surface area (Å²) in [4.78, 5) is 25.2. The van der Waals surface area contributed by atoms with Gasteiger partial charge in [0.05, 0.1) is 0 Å². The van der Waals surface area contributed by atoms with Gasteiger partial charge in [0.1, 0.15) is 9.57 Å². The monoisotopic (exact) mass is 311 g/mol. The molecule has 0 spiro atoms. The molecular formula is C13H17N3O2S2. The molecule has 0 aliphatic carbocycles. The molecule has 1 unspecified atom stereocenters. The molecule has 0 fully saturated rings. The van der Waals surface area contributed by atoms with Crippen LogP contribution in [0.25, 0.3) is 0 Å². The number of urea groups is 1. The van der Waals surface area contributed by atoms with Crippen LogP contribution in [0.5, 0.6) is 0 Å². The van der Waals surface area contributed by atoms with E-state index in [-0.39, 0.29) is 0 Å². The molecule has 0 saturated carbocycles. The van der Waals surface area contributed by atoms with Gasteiger partial charge < -0.3 is 10.2 Å². The van der Waals surface area contributed by atoms with Gasteiger partial charge >= 0.3 is 6.03 Å². The minimum Gasteiger partial charge on any atom is -0.364 e. The van der Waals surface area contributed by atoms with Crippen molar-refractivity contribution in [3.63, 3.8) is 0 Å². The minimum absolute atomic E-state index is 0.398. The van der Waals surface area contributed by atoms with E-state index in [4.69, 9.17) is 12.2 Å². The van der Waals surface area contributed by atoms with E-state index in [1.807, 2.05) is 44.4 Å². The summed E-state index contributed by atoms with van der Waals surface area (Å²) >= 11 is 6.46. The van der Waals surface area contributed by atoms with Crippen molar-refractivity contribution in [3.05, 3.63) is 35.9 Å². The zero-order valence-electron chi connectivity index (χ0n) is 11.5. The lowest BCUT2D eigenvalue weighted by molar-refractivity contribution is -0.119. The average Bonchev–Trinajstić information content (AvgIpc) is 2.44. The molecule has 7 heteroatoms. The summed E-state index contributed by atoms with van der Waals surface area (Å²) in [6, 6.07) is 8.68. The predicted octanol–water partition coefficient (Wildman–Crippen LogP) is 1.76. The van der Waals surface area contributed by atoms with Gasteiger partial charge in [-0.05, 0) is 5.56 Å². The lowest BCUT2D eigenvalue weighted by Crippen LogP contribution is -2.40. The van der Waals surface area contributed by atoms with Crippen LogP contribution in [0.1, 0.15) is 10.8 Å². The highest BCUT2D eigenvalue weighted by Crippen LogP contribution is 2.30. The molecule has 0 heterocycles. The van der Waals surface area contributed by atoms with Gasteiger partial charge in [0.15, 0.2) is 0 Å². The van der Waals surface area contributed by atoms with E-state index in [1.54, 1.807) is 4.90 Å². The highest BCUT2D eigenvalue weighted by atomic mass is 32.2. The molecule has 108 valence electrons. The van der Waals surface area contributed by atoms with Crippen LogP contribution in [-0.4, -0.2) is 42.3 Å². The molecule has 2 N–H and O–H groups in total. The third kappa shape index (κ3) is 4.82. The van der Waals surface area contributed by atoms with Gasteiger partial charge in [0.2, 0.25) is 5.91 Å². The van der Waals surface area contributed by atoms with Crippen LogP contribution in [0.2, 0.25) is 0 Å². The molecule has 5 nitrogen and oxygen atoms in total. The zero-order valence-corrected chi connectivity index (χ0v) is 13.2. The molecule has 20 heavy (non-hydrogen) atoms. The first kappa shape index (κ1) is 16.5. The van der Waals surface area contributed by atoms with Crippen LogP contribution in [0.3, 0.4) is 0 Å². The third-order valence-corrected chi connectivity index (χ3v) is 4.33. The quantitative estimate of drug-likeness (QED) is 0.833. The molecule has 0 saturated heterocycles. The second-order valence-electron chi connectivity index (χ2n) is 4.14. The first-order valence-electron chi connectivity index (χ1n) is 5.91. The first-order valence-corrected chi connectivity index (χ1v) is 7.20. The molecule has 3 amide bonds. The van der Waals surface area contributed by atoms with Crippen LogP contribution in [-0.2, 0) is 4.79 Å². The Morgan fingerprint density at radius 1 is 1.25 bits per heavy atom. The van der Waals surface area contributed by atoms with Gasteiger partial charge in [0, 0.05) is 21.1 Å². The largest absolute Gasteiger partial charge is 0.364 e. The van der Waals surface area contributed by atoms with Crippen LogP contribution in [0.15, 0.2) is 30.3 Å². The molecule has 1 rings (SSSR count). The number of carbonyl (C=O) groups excluding carboxylic acids is 2. The Hall–Kier alpha value is -1.60. The van der Waals surface area contributed by atoms with Gasteiger partial charge in [-0.3, -0.25) is 10.1 Å². The van der Waals surface area contributed by atoms with Crippen LogP contribution >= 0.6 is 24.0 Å². The van der Waals surface area contributed by atoms with Gasteiger partial charge in [0.25, 0.3) is 0 Å². The SMILES string of the molecule is CNC(=O)NC(=O)C(SC(=S)N(C)C)c1ccccc1. The van der Waals surface area contributed by atoms with Gasteiger partial charge in [-0.25, -0.2) is 4.79 Å². The van der Waals surface area contributed by atoms with Crippen LogP contribution < -0.4 is 10.6 Å². The number of amides is 3. The maximum absolute atomic E-state index is 12.2. The number of hydrogen-bond acceptors (Lipinski definition) is 4. The molecule has 0 radical (unpaired) electrons. The lowest BCUT2D eigenvalue weighted by atomic mass is 10.1. The number of thiocarbonyl (C=S) groups is 1. The number of rotatable bonds is 3. The first-order chi connectivity index (χ1) is 9.45. The number of nitrogens with zero attached hydrogens (tertiary/aromatic N) is 1. The van der Waals surface area contributed by atoms with Crippen molar-refractivity contribution >= 4 is 40.2 Å². The molecule has 0 bridgehead atoms. The van der Waals surface area contributed by atoms with Crippen molar-refractivity contribution in [1.82, 2.24) is 15.5 Å². The molecule has 1 atom stereocenters. The van der Waals surface area contributed by atoms with E-state index in [9.17, 15) is 9.59 Å². The third-order valence-electron chi connectivity index (χ3n) is 2.39. The Balaban J connectivity index is 2.93. The second-order valence-corrected chi connectivity index (χ2v) is 5.88. The predicted molar refractivity (Wildman–Crippen MR) is 85.7 cm³/mol. The van der Waals surface area contributed by atoms with Crippen molar-refractivity contribution in [1.29, 1.82) is 0 Å². The van der Waals surface area contributed by atoms with Gasteiger partial charge in [-0.15, -0.1) is 0 Å². The standard InChI is InChI=1S/C13H17N3O2S2/c1-14-12(18)15-11(17)10(20-13(19)16(2)3)9-7-5-4-6-8-9/h4-8,10H,1-3H3,(H2,14,15,17,18). The van der Waals surface area contributed by atoms with E-state index in [0.29, 0.717) is 4.32 Å². The Morgan fingerprint density at radius 3 is 2.35 bits per heavy atom. The molecule has 0 aliphatic heterocycles. The highest BCUT2D eigenvalue weighted by molar-refractivity contribution is 8.23. The summed E-state index contributed by atoms with van der Waals surface area (Å²) < 4.78 is 0.575. The maximum Gasteiger partial charge on any atom is 0.321 e. The summed E-state index contributed by atoms with van der Waals surface area (Å²) in [5.41, 5.74) is 0.795. The van der Waals surface area contributed by atoms with E-state index in [1.165, 1.54) is 18.8 Å². The van der Waals surface area contributed by atoms with E-state index < -0.39 is 17.2 Å². The number of hydrogen-bond donors (Lipinski definition) is 2. The van der Waals surface area contributed by atoms with E-state index >= 15 is 0 Å². The number of nitrogens with one attached hydrogen (secondary N) is 2. The Morgan fingerprint density at radius 2 is 1.85 bits per heavy atom. The molecule has 0 aromatic heterocycles. The summed E-state index contributed by atoms with van der Waals surface area (Å²) in [6.45, 7) is 0. The van der Waals surface area contributed by atoms with Crippen LogP contribution in [0, 0.1) is 0 Å². The second kappa shape index (κ2) is 7.86. The fourth-order valence-electron chi connectivity index (χ4n) is 1.35.